The van der Waals surface area contributed by atoms with Crippen molar-refractivity contribution >= 4 is 23.2 Å². The monoisotopic (exact) mass is 386 g/mol. The smallest absolute Gasteiger partial charge is 0.368 e. The molecule has 0 saturated carbocycles. The minimum Gasteiger partial charge on any atom is -0.368 e. The largest absolute Gasteiger partial charge is 0.393 e. The minimum absolute atomic E-state index is 0.0224. The first-order valence-electron chi connectivity index (χ1n) is 8.44. The second kappa shape index (κ2) is 7.16. The Hall–Kier alpha value is -2.65. The zero-order valence-corrected chi connectivity index (χ0v) is 14.2. The topological polar surface area (TPSA) is 79.0 Å². The third-order valence-electron chi connectivity index (χ3n) is 4.75. The van der Waals surface area contributed by atoms with Crippen LogP contribution in [0.1, 0.15) is 19.3 Å². The maximum absolute atomic E-state index is 13.1. The van der Waals surface area contributed by atoms with Crippen LogP contribution in [0.4, 0.5) is 23.2 Å². The van der Waals surface area contributed by atoms with Crippen molar-refractivity contribution in [3.05, 3.63) is 30.1 Å². The lowest BCUT2D eigenvalue weighted by molar-refractivity contribution is -0.187. The lowest BCUT2D eigenvalue weighted by Crippen LogP contribution is -2.47. The van der Waals surface area contributed by atoms with E-state index < -0.39 is 42.3 Å². The van der Waals surface area contributed by atoms with Crippen molar-refractivity contribution in [2.24, 2.45) is 16.8 Å². The van der Waals surface area contributed by atoms with E-state index in [1.165, 1.54) is 29.3 Å². The molecule has 1 aromatic rings. The number of alkyl halides is 3. The number of anilines is 1. The SMILES string of the molecule is NC(=O)C1CC(C(=O)N2CCCC(C(F)(F)F)C2)=NN1c1ccc(F)cc1. The van der Waals surface area contributed by atoms with Gasteiger partial charge in [-0.05, 0) is 37.1 Å². The molecule has 1 fully saturated rings. The number of rotatable bonds is 3. The molecule has 0 aliphatic carbocycles. The van der Waals surface area contributed by atoms with Gasteiger partial charge in [0, 0.05) is 19.5 Å². The molecule has 2 atom stereocenters. The molecule has 6 nitrogen and oxygen atoms in total. The first-order chi connectivity index (χ1) is 12.7. The zero-order valence-electron chi connectivity index (χ0n) is 14.2. The van der Waals surface area contributed by atoms with Gasteiger partial charge in [-0.25, -0.2) is 4.39 Å². The summed E-state index contributed by atoms with van der Waals surface area (Å²) >= 11 is 0. The molecule has 1 aromatic carbocycles. The predicted molar refractivity (Wildman–Crippen MR) is 89.3 cm³/mol. The lowest BCUT2D eigenvalue weighted by atomic mass is 9.97. The summed E-state index contributed by atoms with van der Waals surface area (Å²) in [5.74, 6) is -3.43. The average molecular weight is 386 g/mol. The van der Waals surface area contributed by atoms with Crippen LogP contribution in [0.15, 0.2) is 29.4 Å². The van der Waals surface area contributed by atoms with E-state index in [0.717, 1.165) is 4.90 Å². The van der Waals surface area contributed by atoms with Crippen LogP contribution in [-0.2, 0) is 9.59 Å². The Balaban J connectivity index is 1.81. The molecular formula is C17H18F4N4O2. The average Bonchev–Trinajstić information content (AvgIpc) is 3.07. The number of halogens is 4. The van der Waals surface area contributed by atoms with Crippen molar-refractivity contribution in [3.8, 4) is 0 Å². The normalized spacial score (nSPS) is 23.3. The molecule has 2 heterocycles. The summed E-state index contributed by atoms with van der Waals surface area (Å²) in [5, 5.41) is 5.32. The van der Waals surface area contributed by atoms with E-state index >= 15 is 0 Å². The molecule has 0 radical (unpaired) electrons. The molecule has 2 unspecified atom stereocenters. The van der Waals surface area contributed by atoms with Crippen LogP contribution in [0.2, 0.25) is 0 Å². The van der Waals surface area contributed by atoms with Crippen molar-refractivity contribution in [1.29, 1.82) is 0 Å². The Labute approximate surface area is 152 Å². The van der Waals surface area contributed by atoms with Gasteiger partial charge in [-0.15, -0.1) is 0 Å². The number of hydrogen-bond donors (Lipinski definition) is 1. The second-order valence-corrected chi connectivity index (χ2v) is 6.62. The summed E-state index contributed by atoms with van der Waals surface area (Å²) in [6.45, 7) is -0.235. The molecule has 1 saturated heterocycles. The van der Waals surface area contributed by atoms with E-state index in [9.17, 15) is 27.2 Å². The van der Waals surface area contributed by atoms with Crippen molar-refractivity contribution < 1.29 is 27.2 Å². The molecule has 3 rings (SSSR count). The molecule has 0 spiro atoms. The van der Waals surface area contributed by atoms with Gasteiger partial charge in [-0.3, -0.25) is 14.6 Å². The van der Waals surface area contributed by atoms with Crippen LogP contribution in [0.5, 0.6) is 0 Å². The van der Waals surface area contributed by atoms with E-state index in [4.69, 9.17) is 5.73 Å². The molecule has 146 valence electrons. The number of carbonyl (C=O) groups excluding carboxylic acids is 2. The fourth-order valence-corrected chi connectivity index (χ4v) is 3.30. The molecule has 10 heteroatoms. The van der Waals surface area contributed by atoms with Crippen LogP contribution in [0.3, 0.4) is 0 Å². The van der Waals surface area contributed by atoms with Crippen molar-refractivity contribution in [2.75, 3.05) is 18.1 Å². The quantitative estimate of drug-likeness (QED) is 0.808. The number of hydrogen-bond acceptors (Lipinski definition) is 4. The molecule has 2 amide bonds. The van der Waals surface area contributed by atoms with Crippen LogP contribution in [-0.4, -0.2) is 47.7 Å². The highest BCUT2D eigenvalue weighted by Gasteiger charge is 2.44. The summed E-state index contributed by atoms with van der Waals surface area (Å²) in [6.07, 6.45) is -4.26. The van der Waals surface area contributed by atoms with Gasteiger partial charge in [-0.1, -0.05) is 0 Å². The maximum Gasteiger partial charge on any atom is 0.393 e. The third-order valence-corrected chi connectivity index (χ3v) is 4.75. The molecule has 2 aliphatic rings. The number of nitrogens with zero attached hydrogens (tertiary/aromatic N) is 3. The van der Waals surface area contributed by atoms with Crippen molar-refractivity contribution in [3.63, 3.8) is 0 Å². The second-order valence-electron chi connectivity index (χ2n) is 6.62. The standard InChI is InChI=1S/C17H18F4N4O2/c18-11-3-5-12(6-4-11)25-14(15(22)26)8-13(23-25)16(27)24-7-1-2-10(9-24)17(19,20)21/h3-6,10,14H,1-2,7-9H2,(H2,22,26). The van der Waals surface area contributed by atoms with E-state index in [0.29, 0.717) is 5.69 Å². The Kier molecular flexibility index (Phi) is 5.07. The van der Waals surface area contributed by atoms with Crippen LogP contribution >= 0.6 is 0 Å². The zero-order chi connectivity index (χ0) is 19.8. The van der Waals surface area contributed by atoms with Gasteiger partial charge < -0.3 is 10.6 Å². The summed E-state index contributed by atoms with van der Waals surface area (Å²) in [4.78, 5) is 25.5. The number of piperidine rings is 1. The fraction of sp³-hybridized carbons (Fsp3) is 0.471. The first-order valence-corrected chi connectivity index (χ1v) is 8.44. The Bertz CT molecular complexity index is 763. The third kappa shape index (κ3) is 4.04. The molecular weight excluding hydrogens is 368 g/mol. The number of carbonyl (C=O) groups is 2. The molecule has 2 aliphatic heterocycles. The predicted octanol–water partition coefficient (Wildman–Crippen LogP) is 2.05. The summed E-state index contributed by atoms with van der Waals surface area (Å²) in [7, 11) is 0. The number of amides is 2. The van der Waals surface area contributed by atoms with E-state index in [2.05, 4.69) is 5.10 Å². The van der Waals surface area contributed by atoms with Gasteiger partial charge in [-0.2, -0.15) is 18.3 Å². The number of primary amides is 1. The number of benzene rings is 1. The highest BCUT2D eigenvalue weighted by molar-refractivity contribution is 6.40. The van der Waals surface area contributed by atoms with Crippen molar-refractivity contribution in [2.45, 2.75) is 31.5 Å². The molecule has 0 bridgehead atoms. The van der Waals surface area contributed by atoms with Crippen LogP contribution in [0, 0.1) is 11.7 Å². The Morgan fingerprint density at radius 2 is 1.85 bits per heavy atom. The Morgan fingerprint density at radius 3 is 2.44 bits per heavy atom. The van der Waals surface area contributed by atoms with Crippen LogP contribution in [0.25, 0.3) is 0 Å². The summed E-state index contributed by atoms with van der Waals surface area (Å²) < 4.78 is 52.0. The molecule has 0 aromatic heterocycles. The Morgan fingerprint density at radius 1 is 1.19 bits per heavy atom. The number of likely N-dealkylation sites (tertiary alicyclic amines) is 1. The maximum atomic E-state index is 13.1. The van der Waals surface area contributed by atoms with Gasteiger partial charge in [0.1, 0.15) is 17.6 Å². The first kappa shape index (κ1) is 19.1. The molecule has 27 heavy (non-hydrogen) atoms. The minimum atomic E-state index is -4.37. The number of hydrazone groups is 1. The van der Waals surface area contributed by atoms with Gasteiger partial charge in [0.2, 0.25) is 5.91 Å². The van der Waals surface area contributed by atoms with Gasteiger partial charge in [0.05, 0.1) is 11.6 Å². The summed E-state index contributed by atoms with van der Waals surface area (Å²) in [5.41, 5.74) is 5.69. The number of nitrogens with two attached hydrogens (primary N) is 1. The van der Waals surface area contributed by atoms with E-state index in [1.807, 2.05) is 0 Å². The van der Waals surface area contributed by atoms with Crippen molar-refractivity contribution in [1.82, 2.24) is 4.90 Å². The highest BCUT2D eigenvalue weighted by Crippen LogP contribution is 2.34. The van der Waals surface area contributed by atoms with E-state index in [1.54, 1.807) is 0 Å². The van der Waals surface area contributed by atoms with Gasteiger partial charge in [0.15, 0.2) is 0 Å². The van der Waals surface area contributed by atoms with Crippen LogP contribution < -0.4 is 10.7 Å². The van der Waals surface area contributed by atoms with Gasteiger partial charge in [0.25, 0.3) is 5.91 Å². The lowest BCUT2D eigenvalue weighted by Gasteiger charge is -2.33. The fourth-order valence-electron chi connectivity index (χ4n) is 3.30. The summed E-state index contributed by atoms with van der Waals surface area (Å²) in [6, 6.07) is 4.13. The molecule has 2 N–H and O–H groups in total. The highest BCUT2D eigenvalue weighted by atomic mass is 19.4. The van der Waals surface area contributed by atoms with Gasteiger partial charge >= 0.3 is 6.18 Å². The van der Waals surface area contributed by atoms with E-state index in [-0.39, 0.29) is 31.5 Å².